The number of aryl methyl sites for hydroxylation is 1. The Hall–Kier alpha value is -2.33. The zero-order valence-electron chi connectivity index (χ0n) is 17.1. The van der Waals surface area contributed by atoms with Gasteiger partial charge in [0, 0.05) is 29.9 Å². The molecule has 0 bridgehead atoms. The third kappa shape index (κ3) is 4.64. The van der Waals surface area contributed by atoms with E-state index in [1.807, 2.05) is 13.0 Å². The van der Waals surface area contributed by atoms with Gasteiger partial charge in [-0.1, -0.05) is 24.4 Å². The van der Waals surface area contributed by atoms with Gasteiger partial charge in [0.05, 0.1) is 11.5 Å². The van der Waals surface area contributed by atoms with Gasteiger partial charge in [0.25, 0.3) is 5.56 Å². The van der Waals surface area contributed by atoms with Crippen LogP contribution >= 0.6 is 11.6 Å². The number of rotatable bonds is 7. The molecule has 0 spiro atoms. The first kappa shape index (κ1) is 21.9. The van der Waals surface area contributed by atoms with Gasteiger partial charge in [0.15, 0.2) is 0 Å². The van der Waals surface area contributed by atoms with Crippen molar-refractivity contribution in [2.24, 2.45) is 0 Å². The Labute approximate surface area is 187 Å². The van der Waals surface area contributed by atoms with Crippen LogP contribution in [0.3, 0.4) is 0 Å². The van der Waals surface area contributed by atoms with Crippen molar-refractivity contribution < 1.29 is 9.32 Å². The van der Waals surface area contributed by atoms with Crippen molar-refractivity contribution in [2.45, 2.75) is 43.5 Å². The predicted octanol–water partition coefficient (Wildman–Crippen LogP) is 3.22. The SMILES string of the molecule is Cc1cc(S(=O)NCCO)ccc1Nc1ncc2cc(Cl)c(=O)n(C3CCCC3)c2n1. The van der Waals surface area contributed by atoms with E-state index >= 15 is 0 Å². The molecule has 1 saturated carbocycles. The lowest BCUT2D eigenvalue weighted by atomic mass is 10.2. The fraction of sp³-hybridized carbons (Fsp3) is 0.381. The molecule has 31 heavy (non-hydrogen) atoms. The van der Waals surface area contributed by atoms with Crippen LogP contribution in [0, 0.1) is 6.92 Å². The molecule has 4 rings (SSSR count). The lowest BCUT2D eigenvalue weighted by molar-refractivity contribution is 0.302. The Morgan fingerprint density at radius 3 is 2.77 bits per heavy atom. The molecule has 1 unspecified atom stereocenters. The summed E-state index contributed by atoms with van der Waals surface area (Å²) in [4.78, 5) is 22.4. The van der Waals surface area contributed by atoms with Crippen molar-refractivity contribution in [3.05, 3.63) is 51.4 Å². The van der Waals surface area contributed by atoms with Crippen LogP contribution in [0.25, 0.3) is 11.0 Å². The number of hydrogen-bond donors (Lipinski definition) is 3. The minimum atomic E-state index is -1.40. The van der Waals surface area contributed by atoms with Gasteiger partial charge in [0.2, 0.25) is 5.95 Å². The summed E-state index contributed by atoms with van der Waals surface area (Å²) in [7, 11) is -1.40. The normalized spacial score (nSPS) is 15.5. The average Bonchev–Trinajstić information content (AvgIpc) is 3.29. The second-order valence-electron chi connectivity index (χ2n) is 7.57. The van der Waals surface area contributed by atoms with Crippen LogP contribution in [-0.4, -0.2) is 37.0 Å². The van der Waals surface area contributed by atoms with Gasteiger partial charge in [-0.05, 0) is 49.6 Å². The van der Waals surface area contributed by atoms with E-state index in [1.165, 1.54) is 0 Å². The third-order valence-corrected chi connectivity index (χ3v) is 6.84. The van der Waals surface area contributed by atoms with Gasteiger partial charge >= 0.3 is 0 Å². The molecule has 3 N–H and O–H groups in total. The van der Waals surface area contributed by atoms with Crippen LogP contribution < -0.4 is 15.6 Å². The van der Waals surface area contributed by atoms with Gasteiger partial charge in [-0.25, -0.2) is 13.9 Å². The first-order valence-electron chi connectivity index (χ1n) is 10.2. The Morgan fingerprint density at radius 2 is 2.06 bits per heavy atom. The summed E-state index contributed by atoms with van der Waals surface area (Å²) in [6.45, 7) is 2.06. The van der Waals surface area contributed by atoms with Crippen LogP contribution in [0.1, 0.15) is 37.3 Å². The molecule has 1 aliphatic rings. The standard InChI is InChI=1S/C21H24ClN5O3S/c1-13-10-16(31(30)24-8-9-28)6-7-18(13)25-21-23-12-14-11-17(22)20(29)27(19(14)26-21)15-4-2-3-5-15/h6-7,10-12,15,24,28H,2-5,8-9H2,1H3,(H,23,25,26). The van der Waals surface area contributed by atoms with Crippen LogP contribution in [0.15, 0.2) is 40.2 Å². The van der Waals surface area contributed by atoms with Gasteiger partial charge in [-0.15, -0.1) is 0 Å². The van der Waals surface area contributed by atoms with E-state index in [0.717, 1.165) is 42.3 Å². The first-order valence-corrected chi connectivity index (χ1v) is 11.7. The number of aromatic nitrogens is 3. The van der Waals surface area contributed by atoms with Crippen molar-refractivity contribution in [3.63, 3.8) is 0 Å². The number of hydrogen-bond acceptors (Lipinski definition) is 6. The van der Waals surface area contributed by atoms with E-state index in [2.05, 4.69) is 20.0 Å². The molecule has 1 aromatic carbocycles. The molecule has 164 valence electrons. The molecule has 0 amide bonds. The van der Waals surface area contributed by atoms with E-state index in [4.69, 9.17) is 16.7 Å². The second kappa shape index (κ2) is 9.44. The molecule has 2 heterocycles. The Balaban J connectivity index is 1.66. The molecule has 0 radical (unpaired) electrons. The Bertz CT molecular complexity index is 1190. The summed E-state index contributed by atoms with van der Waals surface area (Å²) in [5.74, 6) is 0.372. The minimum absolute atomic E-state index is 0.0825. The number of fused-ring (bicyclic) bond motifs is 1. The van der Waals surface area contributed by atoms with Crippen molar-refractivity contribution in [3.8, 4) is 0 Å². The molecule has 1 atom stereocenters. The molecule has 3 aromatic rings. The first-order chi connectivity index (χ1) is 15.0. The Kier molecular flexibility index (Phi) is 6.66. The molecular formula is C21H24ClN5O3S. The summed E-state index contributed by atoms with van der Waals surface area (Å²) >= 11 is 6.19. The lowest BCUT2D eigenvalue weighted by Crippen LogP contribution is -2.25. The average molecular weight is 462 g/mol. The number of anilines is 2. The fourth-order valence-electron chi connectivity index (χ4n) is 3.88. The second-order valence-corrected chi connectivity index (χ2v) is 9.27. The van der Waals surface area contributed by atoms with Gasteiger partial charge < -0.3 is 10.4 Å². The highest BCUT2D eigenvalue weighted by molar-refractivity contribution is 7.83. The molecule has 0 saturated heterocycles. The lowest BCUT2D eigenvalue weighted by Gasteiger charge is -2.17. The third-order valence-electron chi connectivity index (χ3n) is 5.42. The number of aliphatic hydroxyl groups excluding tert-OH is 1. The molecule has 2 aromatic heterocycles. The monoisotopic (exact) mass is 461 g/mol. The van der Waals surface area contributed by atoms with Crippen LogP contribution in [0.5, 0.6) is 0 Å². The summed E-state index contributed by atoms with van der Waals surface area (Å²) < 4.78 is 16.6. The predicted molar refractivity (Wildman–Crippen MR) is 122 cm³/mol. The number of nitrogens with zero attached hydrogens (tertiary/aromatic N) is 3. The number of pyridine rings is 1. The highest BCUT2D eigenvalue weighted by atomic mass is 35.5. The van der Waals surface area contributed by atoms with E-state index in [0.29, 0.717) is 16.5 Å². The smallest absolute Gasteiger partial charge is 0.271 e. The molecular weight excluding hydrogens is 438 g/mol. The highest BCUT2D eigenvalue weighted by Gasteiger charge is 2.22. The topological polar surface area (TPSA) is 109 Å². The maximum Gasteiger partial charge on any atom is 0.271 e. The Morgan fingerprint density at radius 1 is 1.29 bits per heavy atom. The number of nitrogens with one attached hydrogen (secondary N) is 2. The van der Waals surface area contributed by atoms with Gasteiger partial charge in [0.1, 0.15) is 21.7 Å². The number of halogens is 1. The fourth-order valence-corrected chi connectivity index (χ4v) is 5.01. The summed E-state index contributed by atoms with van der Waals surface area (Å²) in [5, 5.41) is 13.0. The zero-order valence-corrected chi connectivity index (χ0v) is 18.7. The molecule has 1 aliphatic carbocycles. The minimum Gasteiger partial charge on any atom is -0.395 e. The molecule has 10 heteroatoms. The van der Waals surface area contributed by atoms with Crippen LogP contribution in [0.2, 0.25) is 5.02 Å². The van der Waals surface area contributed by atoms with E-state index in [1.54, 1.807) is 29.0 Å². The van der Waals surface area contributed by atoms with Crippen molar-refractivity contribution in [1.82, 2.24) is 19.3 Å². The highest BCUT2D eigenvalue weighted by Crippen LogP contribution is 2.31. The van der Waals surface area contributed by atoms with Crippen molar-refractivity contribution in [2.75, 3.05) is 18.5 Å². The largest absolute Gasteiger partial charge is 0.395 e. The molecule has 0 aliphatic heterocycles. The summed E-state index contributed by atoms with van der Waals surface area (Å²) in [6, 6.07) is 7.06. The molecule has 8 nitrogen and oxygen atoms in total. The number of aliphatic hydroxyl groups is 1. The van der Waals surface area contributed by atoms with E-state index in [9.17, 15) is 9.00 Å². The van der Waals surface area contributed by atoms with E-state index < -0.39 is 11.0 Å². The maximum atomic E-state index is 12.8. The zero-order chi connectivity index (χ0) is 22.0. The van der Waals surface area contributed by atoms with Gasteiger partial charge in [-0.2, -0.15) is 4.98 Å². The summed E-state index contributed by atoms with van der Waals surface area (Å²) in [6.07, 6.45) is 5.70. The van der Waals surface area contributed by atoms with Gasteiger partial charge in [-0.3, -0.25) is 9.36 Å². The van der Waals surface area contributed by atoms with Crippen molar-refractivity contribution >= 4 is 45.3 Å². The summed E-state index contributed by atoms with van der Waals surface area (Å²) in [5.41, 5.74) is 1.99. The quantitative estimate of drug-likeness (QED) is 0.498. The van der Waals surface area contributed by atoms with Crippen LogP contribution in [-0.2, 0) is 11.0 Å². The van der Waals surface area contributed by atoms with Crippen LogP contribution in [0.4, 0.5) is 11.6 Å². The molecule has 1 fully saturated rings. The number of benzene rings is 1. The van der Waals surface area contributed by atoms with Crippen molar-refractivity contribution in [1.29, 1.82) is 0 Å². The maximum absolute atomic E-state index is 12.8. The van der Waals surface area contributed by atoms with E-state index in [-0.39, 0.29) is 29.8 Å².